The van der Waals surface area contributed by atoms with Crippen molar-refractivity contribution >= 4 is 0 Å². The molecule has 0 saturated carbocycles. The molecule has 0 aliphatic rings. The van der Waals surface area contributed by atoms with E-state index in [1.54, 1.807) is 0 Å². The molecule has 0 aliphatic heterocycles. The van der Waals surface area contributed by atoms with Gasteiger partial charge in [-0.1, -0.05) is 0 Å². The Morgan fingerprint density at radius 2 is 0.568 bits per heavy atom. The summed E-state index contributed by atoms with van der Waals surface area (Å²) in [7, 11) is 0. The third-order valence-electron chi connectivity index (χ3n) is 7.16. The van der Waals surface area contributed by atoms with Crippen LogP contribution >= 0.6 is 0 Å². The summed E-state index contributed by atoms with van der Waals surface area (Å²) in [5.41, 5.74) is 8.59. The van der Waals surface area contributed by atoms with Crippen LogP contribution in [-0.4, -0.2) is 0 Å². The summed E-state index contributed by atoms with van der Waals surface area (Å²) >= 11 is -4.69. The van der Waals surface area contributed by atoms with E-state index in [9.17, 15) is 0 Å². The number of aryl methyl sites for hydroxylation is 4. The molecule has 5 heteroatoms. The van der Waals surface area contributed by atoms with Crippen LogP contribution in [-0.2, 0) is 18.1 Å². The molecule has 0 atom stereocenters. The molecule has 0 bridgehead atoms. The predicted molar refractivity (Wildman–Crippen MR) is 146 cm³/mol. The fraction of sp³-hybridized carbons (Fsp3) is 0.250. The van der Waals surface area contributed by atoms with E-state index in [1.807, 2.05) is 76.2 Å². The first-order chi connectivity index (χ1) is 17.6. The van der Waals surface area contributed by atoms with Crippen molar-refractivity contribution in [3.63, 3.8) is 0 Å². The molecule has 0 saturated heterocycles. The Balaban J connectivity index is 1.94. The average molecular weight is 533 g/mol. The van der Waals surface area contributed by atoms with Gasteiger partial charge in [-0.25, -0.2) is 0 Å². The summed E-state index contributed by atoms with van der Waals surface area (Å²) in [4.78, 5) is 0. The quantitative estimate of drug-likeness (QED) is 0.213. The molecule has 0 spiro atoms. The van der Waals surface area contributed by atoms with Crippen LogP contribution in [0.25, 0.3) is 0 Å². The van der Waals surface area contributed by atoms with Crippen LogP contribution in [0, 0.1) is 55.4 Å². The maximum absolute atomic E-state index is 6.83. The van der Waals surface area contributed by atoms with E-state index in [4.69, 9.17) is 13.3 Å². The summed E-state index contributed by atoms with van der Waals surface area (Å²) in [6.45, 7) is 16.5. The van der Waals surface area contributed by atoms with Crippen LogP contribution < -0.4 is 13.3 Å². The van der Waals surface area contributed by atoms with E-state index >= 15 is 0 Å². The van der Waals surface area contributed by atoms with Gasteiger partial charge in [0.2, 0.25) is 0 Å². The molecular formula is C32H36O4Ti. The molecule has 0 radical (unpaired) electrons. The molecule has 0 heterocycles. The van der Waals surface area contributed by atoms with Crippen molar-refractivity contribution in [2.24, 2.45) is 0 Å². The number of hydrogen-bond acceptors (Lipinski definition) is 4. The van der Waals surface area contributed by atoms with E-state index in [2.05, 4.69) is 52.0 Å². The molecule has 0 aromatic heterocycles. The Bertz CT molecular complexity index is 1210. The van der Waals surface area contributed by atoms with Crippen LogP contribution in [0.4, 0.5) is 0 Å². The van der Waals surface area contributed by atoms with Gasteiger partial charge < -0.3 is 0 Å². The topological polar surface area (TPSA) is 36.9 Å². The van der Waals surface area contributed by atoms with Crippen molar-refractivity contribution in [2.45, 2.75) is 55.4 Å². The van der Waals surface area contributed by atoms with E-state index < -0.39 is 18.1 Å². The first-order valence-electron chi connectivity index (χ1n) is 12.6. The van der Waals surface area contributed by atoms with Gasteiger partial charge in [0, 0.05) is 0 Å². The Labute approximate surface area is 226 Å². The fourth-order valence-electron chi connectivity index (χ4n) is 4.00. The Hall–Kier alpha value is -3.21. The van der Waals surface area contributed by atoms with E-state index in [0.29, 0.717) is 23.0 Å². The molecule has 0 N–H and O–H groups in total. The minimum atomic E-state index is -4.69. The second-order valence-corrected chi connectivity index (χ2v) is 12.5. The fourth-order valence-corrected chi connectivity index (χ4v) is 7.46. The normalized spacial score (nSPS) is 11.2. The summed E-state index contributed by atoms with van der Waals surface area (Å²) in [6.07, 6.45) is 0. The van der Waals surface area contributed by atoms with E-state index in [-0.39, 0.29) is 0 Å². The van der Waals surface area contributed by atoms with E-state index in [0.717, 1.165) is 44.5 Å². The summed E-state index contributed by atoms with van der Waals surface area (Å²) in [6, 6.07) is 24.0. The van der Waals surface area contributed by atoms with Crippen LogP contribution in [0.5, 0.6) is 23.0 Å². The Kier molecular flexibility index (Phi) is 8.01. The summed E-state index contributed by atoms with van der Waals surface area (Å²) in [5.74, 6) is 2.78. The summed E-state index contributed by atoms with van der Waals surface area (Å²) < 4.78 is 27.3. The molecule has 4 aromatic rings. The molecule has 4 rings (SSSR count). The molecule has 0 fully saturated rings. The SMILES string of the molecule is Cc1cccc([O][Ti]([O]c2cccc(C)c2C)([O]c2cccc(C)c2C)[O]c2cccc(C)c2C)c1C. The van der Waals surface area contributed by atoms with Gasteiger partial charge in [0.05, 0.1) is 0 Å². The molecule has 0 aliphatic carbocycles. The third-order valence-corrected chi connectivity index (χ3v) is 10.1. The van der Waals surface area contributed by atoms with Crippen molar-refractivity contribution in [3.05, 3.63) is 117 Å². The van der Waals surface area contributed by atoms with Crippen LogP contribution in [0.2, 0.25) is 0 Å². The van der Waals surface area contributed by atoms with Crippen LogP contribution in [0.3, 0.4) is 0 Å². The third kappa shape index (κ3) is 5.87. The second kappa shape index (κ2) is 11.0. The number of benzene rings is 4. The molecule has 37 heavy (non-hydrogen) atoms. The maximum atomic E-state index is 6.83. The van der Waals surface area contributed by atoms with Gasteiger partial charge in [-0.2, -0.15) is 0 Å². The van der Waals surface area contributed by atoms with Crippen molar-refractivity contribution < 1.29 is 31.4 Å². The zero-order valence-corrected chi connectivity index (χ0v) is 24.6. The van der Waals surface area contributed by atoms with Crippen molar-refractivity contribution in [3.8, 4) is 23.0 Å². The van der Waals surface area contributed by atoms with E-state index in [1.165, 1.54) is 0 Å². The molecule has 4 nitrogen and oxygen atoms in total. The van der Waals surface area contributed by atoms with Crippen molar-refractivity contribution in [2.75, 3.05) is 0 Å². The van der Waals surface area contributed by atoms with Gasteiger partial charge in [0.15, 0.2) is 0 Å². The zero-order valence-electron chi connectivity index (χ0n) is 23.1. The predicted octanol–water partition coefficient (Wildman–Crippen LogP) is 8.58. The zero-order chi connectivity index (χ0) is 26.7. The molecule has 192 valence electrons. The standard InChI is InChI=1S/4C8H10O.Ti/c4*1-6-4-3-5-8(9)7(6)2;/h4*3-5,9H,1-2H3;/q;;;;+4/p-4. The molecule has 0 unspecified atom stereocenters. The van der Waals surface area contributed by atoms with Gasteiger partial charge >= 0.3 is 227 Å². The van der Waals surface area contributed by atoms with Crippen molar-refractivity contribution in [1.29, 1.82) is 0 Å². The minimum absolute atomic E-state index is 0.695. The van der Waals surface area contributed by atoms with Crippen LogP contribution in [0.1, 0.15) is 44.5 Å². The van der Waals surface area contributed by atoms with Gasteiger partial charge in [-0.3, -0.25) is 0 Å². The number of rotatable bonds is 8. The van der Waals surface area contributed by atoms with Gasteiger partial charge in [-0.15, -0.1) is 0 Å². The van der Waals surface area contributed by atoms with Gasteiger partial charge in [0.25, 0.3) is 0 Å². The average Bonchev–Trinajstić information content (AvgIpc) is 2.86. The monoisotopic (exact) mass is 532 g/mol. The van der Waals surface area contributed by atoms with Crippen molar-refractivity contribution in [1.82, 2.24) is 0 Å². The van der Waals surface area contributed by atoms with Gasteiger partial charge in [0.1, 0.15) is 0 Å². The second-order valence-electron chi connectivity index (χ2n) is 9.70. The van der Waals surface area contributed by atoms with Crippen LogP contribution in [0.15, 0.2) is 72.8 Å². The Morgan fingerprint density at radius 3 is 0.784 bits per heavy atom. The molecule has 0 amide bonds. The summed E-state index contributed by atoms with van der Waals surface area (Å²) in [5, 5.41) is 0. The molecular weight excluding hydrogens is 496 g/mol. The Morgan fingerprint density at radius 1 is 0.351 bits per heavy atom. The van der Waals surface area contributed by atoms with Gasteiger partial charge in [-0.05, 0) is 0 Å². The number of hydrogen-bond donors (Lipinski definition) is 0. The first kappa shape index (κ1) is 26.8. The first-order valence-corrected chi connectivity index (χ1v) is 15.2. The molecule has 4 aromatic carbocycles.